The summed E-state index contributed by atoms with van der Waals surface area (Å²) in [4.78, 5) is 1.22. The van der Waals surface area contributed by atoms with Crippen LogP contribution in [0.4, 0.5) is 0 Å². The molecule has 0 aromatic heterocycles. The van der Waals surface area contributed by atoms with Gasteiger partial charge in [0.15, 0.2) is 0 Å². The average Bonchev–Trinajstić information content (AvgIpc) is 2.47. The van der Waals surface area contributed by atoms with Gasteiger partial charge in [0.2, 0.25) is 0 Å². The fourth-order valence-electron chi connectivity index (χ4n) is 1.77. The van der Waals surface area contributed by atoms with Crippen molar-refractivity contribution in [3.63, 3.8) is 0 Å². The lowest BCUT2D eigenvalue weighted by Gasteiger charge is -2.09. The summed E-state index contributed by atoms with van der Waals surface area (Å²) in [6.07, 6.45) is 2.05. The maximum absolute atomic E-state index is 6.26. The molecule has 2 aromatic carbocycles. The molecule has 106 valence electrons. The third-order valence-corrected chi connectivity index (χ3v) is 3.98. The van der Waals surface area contributed by atoms with Gasteiger partial charge >= 0.3 is 0 Å². The minimum atomic E-state index is 0.726. The van der Waals surface area contributed by atoms with E-state index in [1.807, 2.05) is 42.5 Å². The molecule has 0 amide bonds. The number of thioether (sulfide) groups is 1. The van der Waals surface area contributed by atoms with E-state index in [-0.39, 0.29) is 0 Å². The van der Waals surface area contributed by atoms with Crippen molar-refractivity contribution in [3.8, 4) is 11.5 Å². The second-order valence-electron chi connectivity index (χ2n) is 4.31. The van der Waals surface area contributed by atoms with Gasteiger partial charge in [0, 0.05) is 16.5 Å². The van der Waals surface area contributed by atoms with Crippen molar-refractivity contribution in [3.05, 3.63) is 53.1 Å². The van der Waals surface area contributed by atoms with Crippen molar-refractivity contribution in [1.29, 1.82) is 0 Å². The number of rotatable bonds is 6. The average molecular weight is 308 g/mol. The maximum Gasteiger partial charge on any atom is 0.128 e. The number of hydrogen-bond acceptors (Lipinski definition) is 3. The Labute approximate surface area is 129 Å². The first-order chi connectivity index (χ1) is 9.72. The predicted molar refractivity (Wildman–Crippen MR) is 87.1 cm³/mol. The van der Waals surface area contributed by atoms with Crippen LogP contribution in [0.1, 0.15) is 12.5 Å². The minimum absolute atomic E-state index is 0.726. The van der Waals surface area contributed by atoms with Gasteiger partial charge in [0.1, 0.15) is 11.5 Å². The van der Waals surface area contributed by atoms with E-state index in [2.05, 4.69) is 18.5 Å². The molecule has 2 aromatic rings. The predicted octanol–water partition coefficient (Wildman–Crippen LogP) is 4.96. The zero-order chi connectivity index (χ0) is 14.4. The van der Waals surface area contributed by atoms with Crippen LogP contribution in [-0.2, 0) is 6.54 Å². The van der Waals surface area contributed by atoms with Crippen molar-refractivity contribution in [2.75, 3.05) is 12.8 Å². The van der Waals surface area contributed by atoms with E-state index in [1.165, 1.54) is 4.90 Å². The molecule has 1 N–H and O–H groups in total. The summed E-state index contributed by atoms with van der Waals surface area (Å²) in [6.45, 7) is 3.78. The third kappa shape index (κ3) is 4.17. The molecule has 0 unspecified atom stereocenters. The van der Waals surface area contributed by atoms with Gasteiger partial charge in [-0.25, -0.2) is 0 Å². The molecule has 0 spiro atoms. The van der Waals surface area contributed by atoms with Crippen LogP contribution in [-0.4, -0.2) is 12.8 Å². The van der Waals surface area contributed by atoms with Gasteiger partial charge in [0.05, 0.1) is 0 Å². The monoisotopic (exact) mass is 307 g/mol. The Kier molecular flexibility index (Phi) is 5.77. The molecule has 0 aliphatic rings. The SMILES string of the molecule is CCNCc1ccc(Oc2ccc(SC)cc2)cc1Cl. The van der Waals surface area contributed by atoms with Crippen LogP contribution < -0.4 is 10.1 Å². The largest absolute Gasteiger partial charge is 0.457 e. The number of hydrogen-bond donors (Lipinski definition) is 1. The molecule has 0 heterocycles. The quantitative estimate of drug-likeness (QED) is 0.762. The van der Waals surface area contributed by atoms with E-state index in [1.54, 1.807) is 11.8 Å². The Bertz CT molecular complexity index is 557. The van der Waals surface area contributed by atoms with Gasteiger partial charge in [0.25, 0.3) is 0 Å². The van der Waals surface area contributed by atoms with Gasteiger partial charge in [-0.15, -0.1) is 11.8 Å². The molecule has 0 saturated carbocycles. The Morgan fingerprint density at radius 3 is 2.40 bits per heavy atom. The molecule has 2 rings (SSSR count). The normalized spacial score (nSPS) is 10.6. The van der Waals surface area contributed by atoms with Crippen LogP contribution in [0.2, 0.25) is 5.02 Å². The van der Waals surface area contributed by atoms with Crippen LogP contribution in [0, 0.1) is 0 Å². The first kappa shape index (κ1) is 15.2. The number of nitrogens with one attached hydrogen (secondary N) is 1. The summed E-state index contributed by atoms with van der Waals surface area (Å²) >= 11 is 7.97. The maximum atomic E-state index is 6.26. The highest BCUT2D eigenvalue weighted by Gasteiger charge is 2.03. The Hall–Kier alpha value is -1.16. The minimum Gasteiger partial charge on any atom is -0.457 e. The fraction of sp³-hybridized carbons (Fsp3) is 0.250. The molecule has 0 aliphatic heterocycles. The summed E-state index contributed by atoms with van der Waals surface area (Å²) in [5.41, 5.74) is 1.08. The zero-order valence-corrected chi connectivity index (χ0v) is 13.2. The van der Waals surface area contributed by atoms with E-state index >= 15 is 0 Å². The van der Waals surface area contributed by atoms with Crippen LogP contribution in [0.3, 0.4) is 0 Å². The van der Waals surface area contributed by atoms with Crippen molar-refractivity contribution in [2.24, 2.45) is 0 Å². The molecule has 0 bridgehead atoms. The first-order valence-electron chi connectivity index (χ1n) is 6.54. The third-order valence-electron chi connectivity index (χ3n) is 2.89. The molecule has 0 saturated heterocycles. The highest BCUT2D eigenvalue weighted by atomic mass is 35.5. The van der Waals surface area contributed by atoms with Gasteiger partial charge in [-0.05, 0) is 54.8 Å². The smallest absolute Gasteiger partial charge is 0.128 e. The zero-order valence-electron chi connectivity index (χ0n) is 11.7. The standard InChI is InChI=1S/C16H18ClNOS/c1-3-18-11-12-4-5-14(10-16(12)17)19-13-6-8-15(20-2)9-7-13/h4-10,18H,3,11H2,1-2H3. The molecule has 4 heteroatoms. The first-order valence-corrected chi connectivity index (χ1v) is 8.14. The molecular weight excluding hydrogens is 290 g/mol. The lowest BCUT2D eigenvalue weighted by atomic mass is 10.2. The second-order valence-corrected chi connectivity index (χ2v) is 5.60. The Morgan fingerprint density at radius 2 is 1.80 bits per heavy atom. The highest BCUT2D eigenvalue weighted by molar-refractivity contribution is 7.98. The number of ether oxygens (including phenoxy) is 1. The highest BCUT2D eigenvalue weighted by Crippen LogP contribution is 2.28. The molecule has 0 fully saturated rings. The van der Waals surface area contributed by atoms with Crippen molar-refractivity contribution in [2.45, 2.75) is 18.4 Å². The molecule has 0 radical (unpaired) electrons. The van der Waals surface area contributed by atoms with E-state index < -0.39 is 0 Å². The van der Waals surface area contributed by atoms with Crippen molar-refractivity contribution < 1.29 is 4.74 Å². The number of halogens is 1. The van der Waals surface area contributed by atoms with Crippen molar-refractivity contribution in [1.82, 2.24) is 5.32 Å². The molecule has 0 aliphatic carbocycles. The fourth-order valence-corrected chi connectivity index (χ4v) is 2.42. The van der Waals surface area contributed by atoms with Crippen LogP contribution in [0.15, 0.2) is 47.4 Å². The van der Waals surface area contributed by atoms with Gasteiger partial charge in [-0.1, -0.05) is 24.6 Å². The van der Waals surface area contributed by atoms with E-state index in [9.17, 15) is 0 Å². The lowest BCUT2D eigenvalue weighted by molar-refractivity contribution is 0.482. The summed E-state index contributed by atoms with van der Waals surface area (Å²) in [6, 6.07) is 13.8. The Morgan fingerprint density at radius 1 is 1.10 bits per heavy atom. The van der Waals surface area contributed by atoms with E-state index in [0.717, 1.165) is 35.2 Å². The summed E-state index contributed by atoms with van der Waals surface area (Å²) in [5.74, 6) is 1.57. The van der Waals surface area contributed by atoms with Crippen LogP contribution in [0.25, 0.3) is 0 Å². The van der Waals surface area contributed by atoms with Crippen LogP contribution >= 0.6 is 23.4 Å². The van der Waals surface area contributed by atoms with Gasteiger partial charge in [-0.2, -0.15) is 0 Å². The second kappa shape index (κ2) is 7.58. The van der Waals surface area contributed by atoms with Gasteiger partial charge < -0.3 is 10.1 Å². The molecular formula is C16H18ClNOS. The van der Waals surface area contributed by atoms with E-state index in [4.69, 9.17) is 16.3 Å². The van der Waals surface area contributed by atoms with Crippen LogP contribution in [0.5, 0.6) is 11.5 Å². The van der Waals surface area contributed by atoms with Gasteiger partial charge in [-0.3, -0.25) is 0 Å². The summed E-state index contributed by atoms with van der Waals surface area (Å²) in [7, 11) is 0. The summed E-state index contributed by atoms with van der Waals surface area (Å²) < 4.78 is 5.80. The lowest BCUT2D eigenvalue weighted by Crippen LogP contribution is -2.11. The number of benzene rings is 2. The topological polar surface area (TPSA) is 21.3 Å². The molecule has 2 nitrogen and oxygen atoms in total. The summed E-state index contributed by atoms with van der Waals surface area (Å²) in [5, 5.41) is 3.99. The molecule has 0 atom stereocenters. The van der Waals surface area contributed by atoms with Crippen molar-refractivity contribution >= 4 is 23.4 Å². The Balaban J connectivity index is 2.07. The van der Waals surface area contributed by atoms with E-state index in [0.29, 0.717) is 0 Å². The molecule has 20 heavy (non-hydrogen) atoms.